The lowest BCUT2D eigenvalue weighted by Crippen LogP contribution is -2.28. The number of aromatic carboxylic acids is 2. The van der Waals surface area contributed by atoms with Gasteiger partial charge in [0.15, 0.2) is 0 Å². The van der Waals surface area contributed by atoms with Crippen LogP contribution < -0.4 is 4.90 Å². The average molecular weight is 306 g/mol. The molecule has 5 nitrogen and oxygen atoms in total. The third-order valence-electron chi connectivity index (χ3n) is 2.49. The van der Waals surface area contributed by atoms with E-state index in [2.05, 4.69) is 0 Å². The zero-order valence-corrected chi connectivity index (χ0v) is 11.5. The van der Waals surface area contributed by atoms with Crippen molar-refractivity contribution in [2.75, 3.05) is 29.7 Å². The molecule has 19 heavy (non-hydrogen) atoms. The van der Waals surface area contributed by atoms with Crippen molar-refractivity contribution in [3.63, 3.8) is 0 Å². The average Bonchev–Trinajstić information content (AvgIpc) is 2.37. The number of carboxylic acids is 2. The third-order valence-corrected chi connectivity index (χ3v) is 2.82. The van der Waals surface area contributed by atoms with Gasteiger partial charge in [0.2, 0.25) is 0 Å². The number of anilines is 1. The number of benzene rings is 1. The van der Waals surface area contributed by atoms with Crippen LogP contribution in [0.4, 0.5) is 5.69 Å². The van der Waals surface area contributed by atoms with Crippen LogP contribution in [-0.4, -0.2) is 47.0 Å². The summed E-state index contributed by atoms with van der Waals surface area (Å²) in [6.07, 6.45) is 0. The zero-order chi connectivity index (χ0) is 14.4. The Balaban J connectivity index is 3.23. The molecule has 0 aliphatic heterocycles. The molecule has 7 heteroatoms. The van der Waals surface area contributed by atoms with Gasteiger partial charge in [0.25, 0.3) is 0 Å². The predicted octanol–water partition coefficient (Wildman–Crippen LogP) is 2.37. The van der Waals surface area contributed by atoms with Gasteiger partial charge >= 0.3 is 11.9 Å². The minimum atomic E-state index is -1.18. The maximum atomic E-state index is 11.0. The Morgan fingerprint density at radius 2 is 1.37 bits per heavy atom. The van der Waals surface area contributed by atoms with E-state index in [0.29, 0.717) is 30.5 Å². The van der Waals surface area contributed by atoms with E-state index in [1.54, 1.807) is 4.90 Å². The van der Waals surface area contributed by atoms with Gasteiger partial charge in [-0.1, -0.05) is 0 Å². The van der Waals surface area contributed by atoms with Crippen molar-refractivity contribution in [2.24, 2.45) is 0 Å². The number of rotatable bonds is 7. The van der Waals surface area contributed by atoms with Crippen LogP contribution in [0.3, 0.4) is 0 Å². The summed E-state index contributed by atoms with van der Waals surface area (Å²) in [7, 11) is 0. The molecule has 0 saturated heterocycles. The second kappa shape index (κ2) is 7.21. The Morgan fingerprint density at radius 3 is 1.68 bits per heavy atom. The molecule has 0 heterocycles. The highest BCUT2D eigenvalue weighted by atomic mass is 35.5. The van der Waals surface area contributed by atoms with Gasteiger partial charge in [-0.15, -0.1) is 23.2 Å². The minimum Gasteiger partial charge on any atom is -0.478 e. The molecular formula is C12H13Cl2NO4. The lowest BCUT2D eigenvalue weighted by molar-refractivity contribution is 0.0696. The summed E-state index contributed by atoms with van der Waals surface area (Å²) < 4.78 is 0. The highest BCUT2D eigenvalue weighted by Crippen LogP contribution is 2.20. The fourth-order valence-corrected chi connectivity index (χ4v) is 2.02. The molecule has 0 aromatic heterocycles. The zero-order valence-electron chi connectivity index (χ0n) is 9.97. The van der Waals surface area contributed by atoms with E-state index in [9.17, 15) is 9.59 Å². The van der Waals surface area contributed by atoms with Crippen molar-refractivity contribution < 1.29 is 19.8 Å². The molecule has 1 aromatic carbocycles. The van der Waals surface area contributed by atoms with Gasteiger partial charge in [0, 0.05) is 30.5 Å². The van der Waals surface area contributed by atoms with Crippen molar-refractivity contribution in [2.45, 2.75) is 0 Å². The number of halogens is 2. The Hall–Kier alpha value is -1.46. The van der Waals surface area contributed by atoms with Crippen molar-refractivity contribution in [3.05, 3.63) is 29.3 Å². The van der Waals surface area contributed by atoms with Gasteiger partial charge in [-0.2, -0.15) is 0 Å². The summed E-state index contributed by atoms with van der Waals surface area (Å²) in [6.45, 7) is 0.910. The molecule has 0 unspecified atom stereocenters. The Kier molecular flexibility index (Phi) is 5.92. The van der Waals surface area contributed by atoms with Gasteiger partial charge in [0.1, 0.15) is 0 Å². The molecule has 1 rings (SSSR count). The smallest absolute Gasteiger partial charge is 0.335 e. The molecule has 0 radical (unpaired) electrons. The van der Waals surface area contributed by atoms with Crippen molar-refractivity contribution in [3.8, 4) is 0 Å². The largest absolute Gasteiger partial charge is 0.478 e. The van der Waals surface area contributed by atoms with Crippen LogP contribution in [0.2, 0.25) is 0 Å². The fraction of sp³-hybridized carbons (Fsp3) is 0.333. The predicted molar refractivity (Wildman–Crippen MR) is 74.0 cm³/mol. The first kappa shape index (κ1) is 15.6. The molecule has 2 N–H and O–H groups in total. The fourth-order valence-electron chi connectivity index (χ4n) is 1.61. The molecule has 0 bridgehead atoms. The number of hydrogen-bond acceptors (Lipinski definition) is 3. The van der Waals surface area contributed by atoms with Gasteiger partial charge in [0.05, 0.1) is 11.1 Å². The molecule has 0 atom stereocenters. The summed E-state index contributed by atoms with van der Waals surface area (Å²) in [5.41, 5.74) is 0.326. The van der Waals surface area contributed by atoms with E-state index in [1.165, 1.54) is 12.1 Å². The van der Waals surface area contributed by atoms with Gasteiger partial charge in [-0.05, 0) is 18.2 Å². The Bertz CT molecular complexity index is 441. The van der Waals surface area contributed by atoms with E-state index in [4.69, 9.17) is 33.4 Å². The first-order chi connectivity index (χ1) is 8.99. The number of carboxylic acid groups (broad SMARTS) is 2. The maximum absolute atomic E-state index is 11.0. The van der Waals surface area contributed by atoms with Crippen LogP contribution >= 0.6 is 23.2 Å². The number of carbonyl (C=O) groups is 2. The van der Waals surface area contributed by atoms with Crippen molar-refractivity contribution in [1.29, 1.82) is 0 Å². The molecular weight excluding hydrogens is 293 g/mol. The van der Waals surface area contributed by atoms with Crippen LogP contribution in [0.15, 0.2) is 18.2 Å². The molecule has 0 spiro atoms. The Labute approximate surface area is 120 Å². The van der Waals surface area contributed by atoms with E-state index in [-0.39, 0.29) is 11.1 Å². The van der Waals surface area contributed by atoms with E-state index >= 15 is 0 Å². The SMILES string of the molecule is O=C(O)c1cc(C(=O)O)cc(N(CCCl)CCCl)c1. The van der Waals surface area contributed by atoms with Crippen molar-refractivity contribution in [1.82, 2.24) is 0 Å². The summed E-state index contributed by atoms with van der Waals surface area (Å²) in [4.78, 5) is 23.8. The lowest BCUT2D eigenvalue weighted by Gasteiger charge is -2.23. The maximum Gasteiger partial charge on any atom is 0.335 e. The van der Waals surface area contributed by atoms with Gasteiger partial charge in [-0.25, -0.2) is 9.59 Å². The topological polar surface area (TPSA) is 77.8 Å². The molecule has 104 valence electrons. The monoisotopic (exact) mass is 305 g/mol. The standard InChI is InChI=1S/C12H13Cl2NO4/c13-1-3-15(4-2-14)10-6-8(11(16)17)5-9(7-10)12(18)19/h5-7H,1-4H2,(H,16,17)(H,18,19). The highest BCUT2D eigenvalue weighted by molar-refractivity contribution is 6.18. The highest BCUT2D eigenvalue weighted by Gasteiger charge is 2.14. The van der Waals surface area contributed by atoms with Crippen LogP contribution in [0.25, 0.3) is 0 Å². The first-order valence-corrected chi connectivity index (χ1v) is 6.55. The summed E-state index contributed by atoms with van der Waals surface area (Å²) in [5, 5.41) is 18.0. The third kappa shape index (κ3) is 4.29. The molecule has 0 fully saturated rings. The number of alkyl halides is 2. The quantitative estimate of drug-likeness (QED) is 0.756. The second-order valence-corrected chi connectivity index (χ2v) is 4.50. The first-order valence-electron chi connectivity index (χ1n) is 5.48. The van der Waals surface area contributed by atoms with E-state index in [1.807, 2.05) is 0 Å². The summed E-state index contributed by atoms with van der Waals surface area (Å²) in [6, 6.07) is 3.94. The van der Waals surface area contributed by atoms with Crippen molar-refractivity contribution >= 4 is 40.8 Å². The van der Waals surface area contributed by atoms with Crippen LogP contribution in [-0.2, 0) is 0 Å². The van der Waals surface area contributed by atoms with E-state index < -0.39 is 11.9 Å². The lowest BCUT2D eigenvalue weighted by atomic mass is 10.1. The van der Waals surface area contributed by atoms with Crippen LogP contribution in [0, 0.1) is 0 Å². The molecule has 0 aliphatic rings. The van der Waals surface area contributed by atoms with E-state index in [0.717, 1.165) is 6.07 Å². The Morgan fingerprint density at radius 1 is 0.947 bits per heavy atom. The molecule has 0 saturated carbocycles. The summed E-state index contributed by atoms with van der Waals surface area (Å²) in [5.74, 6) is -1.70. The second-order valence-electron chi connectivity index (χ2n) is 3.74. The van der Waals surface area contributed by atoms with Crippen LogP contribution in [0.5, 0.6) is 0 Å². The van der Waals surface area contributed by atoms with Gasteiger partial charge < -0.3 is 15.1 Å². The minimum absolute atomic E-state index is 0.0796. The van der Waals surface area contributed by atoms with Crippen LogP contribution in [0.1, 0.15) is 20.7 Å². The molecule has 0 amide bonds. The molecule has 0 aliphatic carbocycles. The molecule has 1 aromatic rings. The number of nitrogens with zero attached hydrogens (tertiary/aromatic N) is 1. The number of hydrogen-bond donors (Lipinski definition) is 2. The van der Waals surface area contributed by atoms with Gasteiger partial charge in [-0.3, -0.25) is 0 Å². The normalized spacial score (nSPS) is 10.2. The summed E-state index contributed by atoms with van der Waals surface area (Å²) >= 11 is 11.3.